The first-order valence-electron chi connectivity index (χ1n) is 34.6. The zero-order valence-electron chi connectivity index (χ0n) is 52.6. The second-order valence-electron chi connectivity index (χ2n) is 25.4. The highest BCUT2D eigenvalue weighted by atomic mass is 16.6. The average Bonchev–Trinajstić information content (AvgIpc) is 3.40. The van der Waals surface area contributed by atoms with E-state index >= 15 is 0 Å². The maximum absolute atomic E-state index is 12.9. The van der Waals surface area contributed by atoms with Gasteiger partial charge in [0.15, 0.2) is 6.10 Å². The van der Waals surface area contributed by atoms with Gasteiger partial charge >= 0.3 is 17.9 Å². The first kappa shape index (κ1) is 74.4. The molecule has 6 nitrogen and oxygen atoms in total. The van der Waals surface area contributed by atoms with E-state index in [4.69, 9.17) is 14.2 Å². The third kappa shape index (κ3) is 61.6. The summed E-state index contributed by atoms with van der Waals surface area (Å²) in [4.78, 5) is 38.4. The molecular formula is C70H136O6. The number of unbranched alkanes of at least 4 members (excludes halogenated alkanes) is 45. The van der Waals surface area contributed by atoms with Gasteiger partial charge < -0.3 is 14.2 Å². The van der Waals surface area contributed by atoms with Gasteiger partial charge in [0.05, 0.1) is 0 Å². The molecule has 0 aliphatic rings. The number of ether oxygens (including phenoxy) is 3. The summed E-state index contributed by atoms with van der Waals surface area (Å²) in [6.07, 6.45) is 68.2. The van der Waals surface area contributed by atoms with Crippen molar-refractivity contribution in [3.05, 3.63) is 0 Å². The fraction of sp³-hybridized carbons (Fsp3) is 0.957. The Labute approximate surface area is 476 Å². The number of carbonyl (C=O) groups excluding carboxylic acids is 3. The van der Waals surface area contributed by atoms with Crippen LogP contribution in [-0.2, 0) is 28.6 Å². The molecule has 0 heterocycles. The Kier molecular flexibility index (Phi) is 59.8. The molecule has 452 valence electrons. The third-order valence-electron chi connectivity index (χ3n) is 16.5. The SMILES string of the molecule is CCC(C)CCCCCCCCCCCCCCCCCCCCC(=O)OC[C@H](COC(=O)CCCCCCCCCCCCCCCCCC(C)C)OC(=O)CCCCCCCCCCCCCCCCCC(C)C. The van der Waals surface area contributed by atoms with Crippen molar-refractivity contribution in [1.82, 2.24) is 0 Å². The summed E-state index contributed by atoms with van der Waals surface area (Å²) in [6, 6.07) is 0. The van der Waals surface area contributed by atoms with Crippen molar-refractivity contribution in [2.75, 3.05) is 13.2 Å². The summed E-state index contributed by atoms with van der Waals surface area (Å²) >= 11 is 0. The highest BCUT2D eigenvalue weighted by Gasteiger charge is 2.20. The highest BCUT2D eigenvalue weighted by Crippen LogP contribution is 2.20. The molecule has 0 bridgehead atoms. The van der Waals surface area contributed by atoms with Crippen LogP contribution in [0.3, 0.4) is 0 Å². The van der Waals surface area contributed by atoms with Crippen LogP contribution in [0.15, 0.2) is 0 Å². The van der Waals surface area contributed by atoms with Gasteiger partial charge in [0.1, 0.15) is 13.2 Å². The maximum atomic E-state index is 12.9. The quantitative estimate of drug-likeness (QED) is 0.0343. The number of rotatable bonds is 63. The van der Waals surface area contributed by atoms with Crippen molar-refractivity contribution in [3.63, 3.8) is 0 Å². The summed E-state index contributed by atoms with van der Waals surface area (Å²) in [5, 5.41) is 0. The number of hydrogen-bond donors (Lipinski definition) is 0. The molecule has 0 saturated heterocycles. The van der Waals surface area contributed by atoms with Crippen molar-refractivity contribution < 1.29 is 28.6 Å². The molecule has 0 aromatic carbocycles. The van der Waals surface area contributed by atoms with E-state index in [1.165, 1.54) is 276 Å². The molecule has 2 atom stereocenters. The highest BCUT2D eigenvalue weighted by molar-refractivity contribution is 5.71. The molecule has 6 heteroatoms. The van der Waals surface area contributed by atoms with Crippen LogP contribution in [0.1, 0.15) is 395 Å². The van der Waals surface area contributed by atoms with E-state index in [0.29, 0.717) is 19.3 Å². The van der Waals surface area contributed by atoms with E-state index in [2.05, 4.69) is 41.5 Å². The predicted octanol–water partition coefficient (Wildman–Crippen LogP) is 23.4. The Morgan fingerprint density at radius 2 is 0.461 bits per heavy atom. The minimum atomic E-state index is -0.765. The normalized spacial score (nSPS) is 12.5. The van der Waals surface area contributed by atoms with E-state index < -0.39 is 6.10 Å². The number of hydrogen-bond acceptors (Lipinski definition) is 6. The molecule has 0 amide bonds. The fourth-order valence-electron chi connectivity index (χ4n) is 10.9. The van der Waals surface area contributed by atoms with E-state index in [-0.39, 0.29) is 31.1 Å². The molecule has 0 aromatic rings. The predicted molar refractivity (Wildman–Crippen MR) is 330 cm³/mol. The van der Waals surface area contributed by atoms with E-state index in [1.807, 2.05) is 0 Å². The smallest absolute Gasteiger partial charge is 0.306 e. The van der Waals surface area contributed by atoms with Gasteiger partial charge in [0, 0.05) is 19.3 Å². The Hall–Kier alpha value is -1.59. The lowest BCUT2D eigenvalue weighted by atomic mass is 9.99. The van der Waals surface area contributed by atoms with E-state index in [9.17, 15) is 14.4 Å². The molecule has 0 fully saturated rings. The molecule has 0 radical (unpaired) electrons. The molecule has 0 saturated carbocycles. The minimum absolute atomic E-state index is 0.0619. The van der Waals surface area contributed by atoms with Gasteiger partial charge in [-0.05, 0) is 37.0 Å². The minimum Gasteiger partial charge on any atom is -0.462 e. The Morgan fingerprint density at radius 3 is 0.684 bits per heavy atom. The summed E-state index contributed by atoms with van der Waals surface area (Å²) in [5.74, 6) is 1.78. The van der Waals surface area contributed by atoms with Crippen LogP contribution in [0.25, 0.3) is 0 Å². The van der Waals surface area contributed by atoms with E-state index in [1.54, 1.807) is 0 Å². The van der Waals surface area contributed by atoms with Gasteiger partial charge in [-0.15, -0.1) is 0 Å². The summed E-state index contributed by atoms with van der Waals surface area (Å²) in [6.45, 7) is 13.9. The molecule has 0 rings (SSSR count). The average molecular weight is 1070 g/mol. The second kappa shape index (κ2) is 61.0. The van der Waals surface area contributed by atoms with Crippen molar-refractivity contribution in [1.29, 1.82) is 0 Å². The Bertz CT molecular complexity index is 1180. The van der Waals surface area contributed by atoms with Crippen LogP contribution in [-0.4, -0.2) is 37.2 Å². The zero-order valence-corrected chi connectivity index (χ0v) is 52.6. The van der Waals surface area contributed by atoms with Crippen LogP contribution in [0.5, 0.6) is 0 Å². The van der Waals surface area contributed by atoms with Gasteiger partial charge in [-0.1, -0.05) is 356 Å². The van der Waals surface area contributed by atoms with Crippen molar-refractivity contribution in [2.45, 2.75) is 401 Å². The molecule has 0 spiro atoms. The summed E-state index contributed by atoms with van der Waals surface area (Å²) in [7, 11) is 0. The molecule has 0 aliphatic heterocycles. The van der Waals surface area contributed by atoms with Gasteiger partial charge in [0.25, 0.3) is 0 Å². The first-order valence-corrected chi connectivity index (χ1v) is 34.6. The summed E-state index contributed by atoms with van der Waals surface area (Å²) < 4.78 is 17.0. The molecule has 1 unspecified atom stereocenters. The maximum Gasteiger partial charge on any atom is 0.306 e. The van der Waals surface area contributed by atoms with Crippen molar-refractivity contribution in [3.8, 4) is 0 Å². The standard InChI is InChI=1S/C70H136O6/c1-7-66(6)58-52-46-40-34-28-22-16-10-8-9-11-17-23-29-35-41-47-53-59-68(71)74-62-67(76-70(73)61-55-49-43-37-31-25-19-13-15-21-27-33-39-45-51-57-65(4)5)63-75-69(72)60-54-48-42-36-30-24-18-12-14-20-26-32-38-44-50-56-64(2)3/h64-67H,7-63H2,1-6H3/t66?,67-/m1/s1. The third-order valence-corrected chi connectivity index (χ3v) is 16.5. The Balaban J connectivity index is 4.27. The van der Waals surface area contributed by atoms with Gasteiger partial charge in [-0.2, -0.15) is 0 Å². The van der Waals surface area contributed by atoms with E-state index in [0.717, 1.165) is 75.5 Å². The fourth-order valence-corrected chi connectivity index (χ4v) is 10.9. The van der Waals surface area contributed by atoms with Gasteiger partial charge in [-0.25, -0.2) is 0 Å². The van der Waals surface area contributed by atoms with Crippen LogP contribution in [0.4, 0.5) is 0 Å². The molecule has 0 aliphatic carbocycles. The van der Waals surface area contributed by atoms with Crippen molar-refractivity contribution in [2.24, 2.45) is 17.8 Å². The second-order valence-corrected chi connectivity index (χ2v) is 25.4. The molecular weight excluding hydrogens is 937 g/mol. The lowest BCUT2D eigenvalue weighted by Gasteiger charge is -2.18. The molecule has 0 N–H and O–H groups in total. The lowest BCUT2D eigenvalue weighted by molar-refractivity contribution is -0.167. The van der Waals surface area contributed by atoms with Crippen LogP contribution < -0.4 is 0 Å². The van der Waals surface area contributed by atoms with Crippen LogP contribution in [0, 0.1) is 17.8 Å². The number of esters is 3. The zero-order chi connectivity index (χ0) is 55.5. The summed E-state index contributed by atoms with van der Waals surface area (Å²) in [5.41, 5.74) is 0. The largest absolute Gasteiger partial charge is 0.462 e. The monoisotopic (exact) mass is 1070 g/mol. The van der Waals surface area contributed by atoms with Gasteiger partial charge in [-0.3, -0.25) is 14.4 Å². The first-order chi connectivity index (χ1) is 37.1. The van der Waals surface area contributed by atoms with Gasteiger partial charge in [0.2, 0.25) is 0 Å². The van der Waals surface area contributed by atoms with Crippen LogP contribution in [0.2, 0.25) is 0 Å². The number of carbonyl (C=O) groups is 3. The molecule has 76 heavy (non-hydrogen) atoms. The van der Waals surface area contributed by atoms with Crippen LogP contribution >= 0.6 is 0 Å². The van der Waals surface area contributed by atoms with Crippen molar-refractivity contribution >= 4 is 17.9 Å². The lowest BCUT2D eigenvalue weighted by Crippen LogP contribution is -2.30. The Morgan fingerprint density at radius 1 is 0.263 bits per heavy atom. The molecule has 0 aromatic heterocycles. The topological polar surface area (TPSA) is 78.9 Å².